The highest BCUT2D eigenvalue weighted by Crippen LogP contribution is 2.41. The van der Waals surface area contributed by atoms with Crippen LogP contribution >= 0.6 is 34.8 Å². The van der Waals surface area contributed by atoms with Crippen molar-refractivity contribution in [1.82, 2.24) is 0 Å². The minimum atomic E-state index is -4.53. The number of halogens is 6. The van der Waals surface area contributed by atoms with Gasteiger partial charge in [0.1, 0.15) is 0 Å². The topological polar surface area (TPSA) is 32.6 Å². The molecule has 0 heterocycles. The van der Waals surface area contributed by atoms with Crippen LogP contribution < -0.4 is 0 Å². The molecule has 0 aliphatic heterocycles. The van der Waals surface area contributed by atoms with E-state index in [1.165, 1.54) is 18.2 Å². The van der Waals surface area contributed by atoms with E-state index in [-0.39, 0.29) is 20.6 Å². The second-order valence-corrected chi connectivity index (χ2v) is 7.69. The first-order valence-corrected chi connectivity index (χ1v) is 9.57. The summed E-state index contributed by atoms with van der Waals surface area (Å²) < 4.78 is 40.9. The zero-order chi connectivity index (χ0) is 20.5. The van der Waals surface area contributed by atoms with Crippen LogP contribution in [0.5, 0.6) is 0 Å². The van der Waals surface area contributed by atoms with E-state index in [0.717, 1.165) is 30.0 Å². The van der Waals surface area contributed by atoms with Gasteiger partial charge in [-0.05, 0) is 48.1 Å². The highest BCUT2D eigenvalue weighted by Gasteiger charge is 2.39. The maximum absolute atomic E-state index is 13.6. The van der Waals surface area contributed by atoms with Crippen LogP contribution in [0.1, 0.15) is 41.0 Å². The van der Waals surface area contributed by atoms with Crippen molar-refractivity contribution >= 4 is 46.6 Å². The summed E-state index contributed by atoms with van der Waals surface area (Å²) in [6.45, 7) is 0. The van der Waals surface area contributed by atoms with Crippen molar-refractivity contribution < 1.29 is 18.4 Å². The molecule has 2 aromatic rings. The maximum atomic E-state index is 13.6. The predicted molar refractivity (Wildman–Crippen MR) is 107 cm³/mol. The lowest BCUT2D eigenvalue weighted by molar-refractivity contribution is -0.139. The van der Waals surface area contributed by atoms with E-state index in [4.69, 9.17) is 40.0 Å². The molecule has 0 unspecified atom stereocenters. The van der Waals surface area contributed by atoms with Crippen molar-refractivity contribution in [2.75, 3.05) is 0 Å². The highest BCUT2D eigenvalue weighted by atomic mass is 35.5. The molecule has 28 heavy (non-hydrogen) atoms. The number of aryl methyl sites for hydroxylation is 1. The van der Waals surface area contributed by atoms with E-state index >= 15 is 0 Å². The van der Waals surface area contributed by atoms with Crippen molar-refractivity contribution in [2.24, 2.45) is 5.16 Å². The van der Waals surface area contributed by atoms with E-state index in [1.54, 1.807) is 12.1 Å². The van der Waals surface area contributed by atoms with Crippen LogP contribution in [0.2, 0.25) is 15.1 Å². The number of hydrogen-bond donors (Lipinski definition) is 1. The van der Waals surface area contributed by atoms with Crippen LogP contribution in [0.3, 0.4) is 0 Å². The number of hydrogen-bond acceptors (Lipinski definition) is 2. The Kier molecular flexibility index (Phi) is 6.28. The first-order chi connectivity index (χ1) is 13.2. The van der Waals surface area contributed by atoms with Crippen LogP contribution in [-0.2, 0) is 6.42 Å². The Morgan fingerprint density at radius 1 is 1.04 bits per heavy atom. The quantitative estimate of drug-likeness (QED) is 0.294. The molecule has 8 heteroatoms. The molecule has 2 aromatic carbocycles. The SMILES string of the molecule is ON=C1CCCc2cc(C=C[C@H](c3cc(Cl)c(Cl)c(Cl)c3)C(F)(F)F)ccc21. The Hall–Kier alpha value is -1.69. The van der Waals surface area contributed by atoms with Gasteiger partial charge >= 0.3 is 6.18 Å². The molecule has 1 aliphatic carbocycles. The van der Waals surface area contributed by atoms with E-state index in [1.807, 2.05) is 6.07 Å². The zero-order valence-electron chi connectivity index (χ0n) is 14.4. The minimum Gasteiger partial charge on any atom is -0.411 e. The molecular formula is C20H15Cl3F3NO. The van der Waals surface area contributed by atoms with Crippen molar-refractivity contribution in [3.05, 3.63) is 73.7 Å². The molecule has 0 radical (unpaired) electrons. The van der Waals surface area contributed by atoms with Crippen LogP contribution in [0.15, 0.2) is 41.6 Å². The summed E-state index contributed by atoms with van der Waals surface area (Å²) in [5.41, 5.74) is 2.90. The Labute approximate surface area is 175 Å². The van der Waals surface area contributed by atoms with Gasteiger partial charge in [-0.1, -0.05) is 70.3 Å². The third kappa shape index (κ3) is 4.48. The first-order valence-electron chi connectivity index (χ1n) is 8.44. The molecule has 0 spiro atoms. The lowest BCUT2D eigenvalue weighted by Crippen LogP contribution is -2.19. The molecule has 148 valence electrons. The van der Waals surface area contributed by atoms with E-state index in [2.05, 4.69) is 5.16 Å². The molecule has 0 fully saturated rings. The molecular weight excluding hydrogens is 434 g/mol. The molecule has 3 rings (SSSR count). The van der Waals surface area contributed by atoms with Crippen molar-refractivity contribution in [3.63, 3.8) is 0 Å². The zero-order valence-corrected chi connectivity index (χ0v) is 16.7. The summed E-state index contributed by atoms with van der Waals surface area (Å²) in [5.74, 6) is -1.88. The standard InChI is InChI=1S/C20H15Cl3F3NO/c21-16-9-13(10-17(22)19(16)23)15(20(24,25)26)7-5-11-4-6-14-12(8-11)2-1-3-18(14)27-28/h4-10,15,28H,1-3H2/t15-/m1/s1. The summed E-state index contributed by atoms with van der Waals surface area (Å²) >= 11 is 17.6. The summed E-state index contributed by atoms with van der Waals surface area (Å²) in [6.07, 6.45) is 0.239. The number of benzene rings is 2. The smallest absolute Gasteiger partial charge is 0.399 e. The van der Waals surface area contributed by atoms with Gasteiger partial charge in [-0.2, -0.15) is 13.2 Å². The van der Waals surface area contributed by atoms with Gasteiger partial charge in [-0.15, -0.1) is 0 Å². The highest BCUT2D eigenvalue weighted by molar-refractivity contribution is 6.48. The molecule has 2 nitrogen and oxygen atoms in total. The number of alkyl halides is 3. The van der Waals surface area contributed by atoms with Crippen LogP contribution in [-0.4, -0.2) is 17.1 Å². The number of oxime groups is 1. The van der Waals surface area contributed by atoms with Crippen molar-refractivity contribution in [1.29, 1.82) is 0 Å². The van der Waals surface area contributed by atoms with E-state index in [9.17, 15) is 13.2 Å². The first kappa shape index (κ1) is 21.0. The third-order valence-electron chi connectivity index (χ3n) is 4.62. The van der Waals surface area contributed by atoms with Gasteiger partial charge in [0.2, 0.25) is 0 Å². The number of fused-ring (bicyclic) bond motifs is 1. The average molecular weight is 449 g/mol. The Morgan fingerprint density at radius 2 is 1.71 bits per heavy atom. The fourth-order valence-electron chi connectivity index (χ4n) is 3.26. The van der Waals surface area contributed by atoms with Crippen molar-refractivity contribution in [3.8, 4) is 0 Å². The Morgan fingerprint density at radius 3 is 2.32 bits per heavy atom. The Balaban J connectivity index is 1.95. The number of allylic oxidation sites excluding steroid dienone is 1. The normalized spacial score (nSPS) is 17.1. The van der Waals surface area contributed by atoms with Crippen LogP contribution in [0, 0.1) is 0 Å². The van der Waals surface area contributed by atoms with E-state index in [0.29, 0.717) is 17.7 Å². The number of rotatable bonds is 3. The fourth-order valence-corrected chi connectivity index (χ4v) is 3.87. The van der Waals surface area contributed by atoms with Gasteiger partial charge in [0.05, 0.1) is 26.7 Å². The molecule has 0 saturated heterocycles. The molecule has 0 aromatic heterocycles. The van der Waals surface area contributed by atoms with Gasteiger partial charge in [-0.25, -0.2) is 0 Å². The van der Waals surface area contributed by atoms with Gasteiger partial charge in [-0.3, -0.25) is 0 Å². The Bertz CT molecular complexity index is 931. The molecule has 0 bridgehead atoms. The van der Waals surface area contributed by atoms with Gasteiger partial charge in [0, 0.05) is 5.56 Å². The van der Waals surface area contributed by atoms with Crippen molar-refractivity contribution in [2.45, 2.75) is 31.4 Å². The third-order valence-corrected chi connectivity index (χ3v) is 5.82. The fraction of sp³-hybridized carbons (Fsp3) is 0.250. The van der Waals surface area contributed by atoms with Gasteiger partial charge in [0.15, 0.2) is 0 Å². The second-order valence-electron chi connectivity index (χ2n) is 6.49. The predicted octanol–water partition coefficient (Wildman–Crippen LogP) is 7.52. The summed E-state index contributed by atoms with van der Waals surface area (Å²) in [5, 5.41) is 12.3. The monoisotopic (exact) mass is 447 g/mol. The molecule has 1 N–H and O–H groups in total. The molecule has 1 atom stereocenters. The van der Waals surface area contributed by atoms with Crippen LogP contribution in [0.4, 0.5) is 13.2 Å². The summed E-state index contributed by atoms with van der Waals surface area (Å²) in [7, 11) is 0. The molecule has 1 aliphatic rings. The lowest BCUT2D eigenvalue weighted by atomic mass is 9.88. The summed E-state index contributed by atoms with van der Waals surface area (Å²) in [6, 6.07) is 7.62. The largest absolute Gasteiger partial charge is 0.411 e. The van der Waals surface area contributed by atoms with Gasteiger partial charge in [0.25, 0.3) is 0 Å². The van der Waals surface area contributed by atoms with Crippen LogP contribution in [0.25, 0.3) is 6.08 Å². The molecule has 0 saturated carbocycles. The minimum absolute atomic E-state index is 0.0213. The maximum Gasteiger partial charge on any atom is 0.399 e. The second kappa shape index (κ2) is 8.36. The number of nitrogens with zero attached hydrogens (tertiary/aromatic N) is 1. The van der Waals surface area contributed by atoms with Gasteiger partial charge < -0.3 is 5.21 Å². The summed E-state index contributed by atoms with van der Waals surface area (Å²) in [4.78, 5) is 0. The lowest BCUT2D eigenvalue weighted by Gasteiger charge is -2.19. The average Bonchev–Trinajstić information content (AvgIpc) is 2.64. The molecule has 0 amide bonds. The van der Waals surface area contributed by atoms with E-state index < -0.39 is 12.1 Å².